The number of hydrogen-bond acceptors (Lipinski definition) is 2. The molecule has 0 spiro atoms. The number of likely N-dealkylation sites (tertiary alicyclic amines) is 1. The second-order valence-electron chi connectivity index (χ2n) is 10.7. The molecule has 5 nitrogen and oxygen atoms in total. The summed E-state index contributed by atoms with van der Waals surface area (Å²) >= 11 is 0. The van der Waals surface area contributed by atoms with Crippen molar-refractivity contribution in [1.82, 2.24) is 14.7 Å². The van der Waals surface area contributed by atoms with Crippen LogP contribution in [0.25, 0.3) is 0 Å². The van der Waals surface area contributed by atoms with E-state index in [0.717, 1.165) is 56.5 Å². The number of benzene rings is 1. The number of rotatable bonds is 20. The summed E-state index contributed by atoms with van der Waals surface area (Å²) in [6, 6.07) is 10.5. The molecule has 2 rings (SSSR count). The van der Waals surface area contributed by atoms with Gasteiger partial charge in [0.25, 0.3) is 0 Å². The first kappa shape index (κ1) is 29.4. The molecule has 1 aliphatic heterocycles. The van der Waals surface area contributed by atoms with Gasteiger partial charge in [0, 0.05) is 25.9 Å². The highest BCUT2D eigenvalue weighted by Gasteiger charge is 2.31. The molecule has 0 bridgehead atoms. The Kier molecular flexibility index (Phi) is 14.7. The molecule has 1 heterocycles. The average molecular weight is 487 g/mol. The van der Waals surface area contributed by atoms with Crippen LogP contribution < -0.4 is 9.80 Å². The van der Waals surface area contributed by atoms with Crippen molar-refractivity contribution in [2.75, 3.05) is 33.4 Å². The second-order valence-corrected chi connectivity index (χ2v) is 10.7. The molecule has 198 valence electrons. The fourth-order valence-electron chi connectivity index (χ4n) is 5.15. The van der Waals surface area contributed by atoms with Crippen LogP contribution in [0.2, 0.25) is 0 Å². The van der Waals surface area contributed by atoms with Crippen molar-refractivity contribution in [3.05, 3.63) is 30.3 Å². The smallest absolute Gasteiger partial charge is 0.226 e. The van der Waals surface area contributed by atoms with E-state index < -0.39 is 0 Å². The third-order valence-corrected chi connectivity index (χ3v) is 7.44. The van der Waals surface area contributed by atoms with Crippen molar-refractivity contribution in [1.29, 1.82) is 0 Å². The molecule has 1 saturated heterocycles. The Balaban J connectivity index is 1.54. The fourth-order valence-corrected chi connectivity index (χ4v) is 5.15. The number of carbonyl (C=O) groups excluding carboxylic acids is 2. The molecular weight excluding hydrogens is 434 g/mol. The SMILES string of the molecule is CCCCCCCCCCCCCC(=O)NCCCC[N+](C)(CN1CCCC1=O)c1ccccc1. The van der Waals surface area contributed by atoms with Crippen LogP contribution in [-0.2, 0) is 9.59 Å². The van der Waals surface area contributed by atoms with Crippen molar-refractivity contribution in [2.45, 2.75) is 110 Å². The van der Waals surface area contributed by atoms with Crippen LogP contribution in [0.15, 0.2) is 30.3 Å². The minimum absolute atomic E-state index is 0.198. The summed E-state index contributed by atoms with van der Waals surface area (Å²) in [4.78, 5) is 26.4. The van der Waals surface area contributed by atoms with Crippen molar-refractivity contribution >= 4 is 17.5 Å². The highest BCUT2D eigenvalue weighted by Crippen LogP contribution is 2.24. The quantitative estimate of drug-likeness (QED) is 0.163. The van der Waals surface area contributed by atoms with Gasteiger partial charge in [-0.05, 0) is 37.8 Å². The zero-order chi connectivity index (χ0) is 25.2. The van der Waals surface area contributed by atoms with Crippen molar-refractivity contribution in [3.8, 4) is 0 Å². The van der Waals surface area contributed by atoms with Crippen molar-refractivity contribution < 1.29 is 9.59 Å². The summed E-state index contributed by atoms with van der Waals surface area (Å²) in [7, 11) is 2.23. The van der Waals surface area contributed by atoms with E-state index in [4.69, 9.17) is 0 Å². The minimum Gasteiger partial charge on any atom is -0.356 e. The molecule has 1 aliphatic rings. The number of unbranched alkanes of at least 4 members (excludes halogenated alkanes) is 11. The van der Waals surface area contributed by atoms with E-state index in [1.165, 1.54) is 69.9 Å². The maximum Gasteiger partial charge on any atom is 0.226 e. The normalized spacial score (nSPS) is 15.4. The zero-order valence-electron chi connectivity index (χ0n) is 22.7. The van der Waals surface area contributed by atoms with Crippen molar-refractivity contribution in [2.24, 2.45) is 0 Å². The van der Waals surface area contributed by atoms with Crippen LogP contribution in [0.1, 0.15) is 110 Å². The Hall–Kier alpha value is -1.88. The number of para-hydroxylation sites is 1. The van der Waals surface area contributed by atoms with Gasteiger partial charge in [-0.3, -0.25) is 19.0 Å². The molecule has 0 aliphatic carbocycles. The van der Waals surface area contributed by atoms with Crippen molar-refractivity contribution in [3.63, 3.8) is 0 Å². The lowest BCUT2D eigenvalue weighted by Crippen LogP contribution is -2.53. The van der Waals surface area contributed by atoms with Crippen LogP contribution in [0, 0.1) is 0 Å². The van der Waals surface area contributed by atoms with E-state index in [2.05, 4.69) is 43.6 Å². The van der Waals surface area contributed by atoms with E-state index >= 15 is 0 Å². The topological polar surface area (TPSA) is 49.4 Å². The molecule has 1 aromatic rings. The Morgan fingerprint density at radius 3 is 2.11 bits per heavy atom. The van der Waals surface area contributed by atoms with Gasteiger partial charge in [0.2, 0.25) is 11.8 Å². The third kappa shape index (κ3) is 12.1. The average Bonchev–Trinajstić information content (AvgIpc) is 3.26. The Morgan fingerprint density at radius 1 is 0.886 bits per heavy atom. The fraction of sp³-hybridized carbons (Fsp3) is 0.733. The van der Waals surface area contributed by atoms with Gasteiger partial charge in [-0.1, -0.05) is 89.3 Å². The first-order valence-electron chi connectivity index (χ1n) is 14.5. The molecule has 1 fully saturated rings. The van der Waals surface area contributed by atoms with Gasteiger partial charge in [-0.25, -0.2) is 0 Å². The van der Waals surface area contributed by atoms with Gasteiger partial charge in [-0.15, -0.1) is 0 Å². The highest BCUT2D eigenvalue weighted by atomic mass is 16.2. The van der Waals surface area contributed by atoms with E-state index in [9.17, 15) is 9.59 Å². The lowest BCUT2D eigenvalue weighted by atomic mass is 10.1. The second kappa shape index (κ2) is 17.5. The molecular formula is C30H52N3O2+. The summed E-state index contributed by atoms with van der Waals surface area (Å²) in [6.07, 6.45) is 18.7. The van der Waals surface area contributed by atoms with Gasteiger partial charge in [0.05, 0.1) is 13.6 Å². The Bertz CT molecular complexity index is 709. The first-order valence-corrected chi connectivity index (χ1v) is 14.5. The third-order valence-electron chi connectivity index (χ3n) is 7.44. The molecule has 2 amide bonds. The van der Waals surface area contributed by atoms with E-state index in [1.54, 1.807) is 0 Å². The van der Waals surface area contributed by atoms with E-state index in [1.807, 2.05) is 11.0 Å². The number of carbonyl (C=O) groups is 2. The summed E-state index contributed by atoms with van der Waals surface area (Å²) in [5.74, 6) is 0.476. The van der Waals surface area contributed by atoms with Crippen LogP contribution in [0.3, 0.4) is 0 Å². The van der Waals surface area contributed by atoms with Gasteiger partial charge < -0.3 is 5.32 Å². The van der Waals surface area contributed by atoms with Gasteiger partial charge in [0.1, 0.15) is 5.69 Å². The molecule has 5 heteroatoms. The van der Waals surface area contributed by atoms with Gasteiger partial charge >= 0.3 is 0 Å². The summed E-state index contributed by atoms with van der Waals surface area (Å²) in [6.45, 7) is 5.57. The number of nitrogens with one attached hydrogen (secondary N) is 1. The molecule has 1 aromatic carbocycles. The molecule has 0 radical (unpaired) electrons. The predicted octanol–water partition coefficient (Wildman–Crippen LogP) is 6.80. The Morgan fingerprint density at radius 2 is 1.51 bits per heavy atom. The van der Waals surface area contributed by atoms with Gasteiger partial charge in [-0.2, -0.15) is 0 Å². The number of quaternary nitrogens is 1. The molecule has 0 aromatic heterocycles. The highest BCUT2D eigenvalue weighted by molar-refractivity contribution is 5.78. The van der Waals surface area contributed by atoms with Crippen LogP contribution in [0.5, 0.6) is 0 Å². The molecule has 1 atom stereocenters. The predicted molar refractivity (Wildman–Crippen MR) is 148 cm³/mol. The number of hydrogen-bond donors (Lipinski definition) is 1. The monoisotopic (exact) mass is 486 g/mol. The lowest BCUT2D eigenvalue weighted by Gasteiger charge is -2.37. The standard InChI is InChI=1S/C30H51N3O2/c1-3-4-5-6-7-8-9-10-11-12-16-22-29(34)31-24-17-18-26-33(2,28-20-14-13-15-21-28)27-32-25-19-23-30(32)35/h13-15,20-21H,3-12,16-19,22-27H2,1-2H3/p+1. The van der Waals surface area contributed by atoms with E-state index in [-0.39, 0.29) is 11.8 Å². The minimum atomic E-state index is 0.198. The van der Waals surface area contributed by atoms with Crippen LogP contribution in [0.4, 0.5) is 5.69 Å². The maximum absolute atomic E-state index is 12.2. The number of nitrogens with zero attached hydrogens (tertiary/aromatic N) is 2. The molecule has 0 saturated carbocycles. The molecule has 35 heavy (non-hydrogen) atoms. The number of amides is 2. The summed E-state index contributed by atoms with van der Waals surface area (Å²) in [5.41, 5.74) is 1.24. The zero-order valence-corrected chi connectivity index (χ0v) is 22.7. The largest absolute Gasteiger partial charge is 0.356 e. The van der Waals surface area contributed by atoms with Gasteiger partial charge in [0.15, 0.2) is 6.67 Å². The summed E-state index contributed by atoms with van der Waals surface area (Å²) in [5, 5.41) is 3.11. The maximum atomic E-state index is 12.2. The lowest BCUT2D eigenvalue weighted by molar-refractivity contribution is -0.129. The van der Waals surface area contributed by atoms with E-state index in [0.29, 0.717) is 12.8 Å². The van der Waals surface area contributed by atoms with Crippen LogP contribution in [-0.4, -0.2) is 50.1 Å². The first-order chi connectivity index (χ1) is 17.0. The Labute approximate surface area is 215 Å². The molecule has 1 N–H and O–H groups in total. The molecule has 1 unspecified atom stereocenters. The van der Waals surface area contributed by atoms with Crippen LogP contribution >= 0.6 is 0 Å². The summed E-state index contributed by atoms with van der Waals surface area (Å²) < 4.78 is 0.735.